The van der Waals surface area contributed by atoms with E-state index in [0.29, 0.717) is 31.2 Å². The van der Waals surface area contributed by atoms with Crippen molar-refractivity contribution in [3.63, 3.8) is 0 Å². The fourth-order valence-electron chi connectivity index (χ4n) is 3.59. The van der Waals surface area contributed by atoms with Gasteiger partial charge in [0.05, 0.1) is 25.9 Å². The van der Waals surface area contributed by atoms with Crippen LogP contribution >= 0.6 is 0 Å². The molecule has 4 rings (SSSR count). The number of rotatable bonds is 7. The Morgan fingerprint density at radius 1 is 1.22 bits per heavy atom. The smallest absolute Gasteiger partial charge is 0.135 e. The second kappa shape index (κ2) is 10.5. The van der Waals surface area contributed by atoms with Crippen LogP contribution in [-0.2, 0) is 22.7 Å². The van der Waals surface area contributed by atoms with Crippen molar-refractivity contribution in [2.75, 3.05) is 19.8 Å². The zero-order valence-corrected chi connectivity index (χ0v) is 17.6. The lowest BCUT2D eigenvalue weighted by molar-refractivity contribution is 0.0316. The van der Waals surface area contributed by atoms with Crippen molar-refractivity contribution in [1.29, 1.82) is 0 Å². The first-order chi connectivity index (χ1) is 15.7. The number of aliphatic hydroxyl groups is 2. The second-order valence-electron chi connectivity index (χ2n) is 7.56. The highest BCUT2D eigenvalue weighted by Gasteiger charge is 2.16. The van der Waals surface area contributed by atoms with Crippen molar-refractivity contribution in [3.05, 3.63) is 77.6 Å². The van der Waals surface area contributed by atoms with Gasteiger partial charge >= 0.3 is 0 Å². The highest BCUT2D eigenvalue weighted by Crippen LogP contribution is 2.25. The number of nitrogens with zero attached hydrogens (tertiary/aromatic N) is 2. The van der Waals surface area contributed by atoms with E-state index in [4.69, 9.17) is 9.47 Å². The average molecular weight is 436 g/mol. The van der Waals surface area contributed by atoms with Crippen molar-refractivity contribution in [3.8, 4) is 23.0 Å². The molecule has 166 valence electrons. The molecule has 2 N–H and O–H groups in total. The van der Waals surface area contributed by atoms with E-state index in [2.05, 4.69) is 16.8 Å². The predicted octanol–water partition coefficient (Wildman–Crippen LogP) is 3.07. The van der Waals surface area contributed by atoms with Crippen molar-refractivity contribution in [2.24, 2.45) is 0 Å². The average Bonchev–Trinajstić information content (AvgIpc) is 3.51. The van der Waals surface area contributed by atoms with Crippen LogP contribution in [0.15, 0.2) is 54.9 Å². The summed E-state index contributed by atoms with van der Waals surface area (Å²) >= 11 is 0. The lowest BCUT2D eigenvalue weighted by Gasteiger charge is -2.12. The summed E-state index contributed by atoms with van der Waals surface area (Å²) in [4.78, 5) is 4.03. The highest BCUT2D eigenvalue weighted by atomic mass is 19.1. The first kappa shape index (κ1) is 22.2. The SMILES string of the molecule is OCc1nccn1C(C#Cc1ccc(-c2ccc(COC3CCOC3)cc2F)cc1)CO. The van der Waals surface area contributed by atoms with Crippen LogP contribution in [0.2, 0.25) is 0 Å². The molecule has 1 saturated heterocycles. The number of hydrogen-bond acceptors (Lipinski definition) is 5. The minimum absolute atomic E-state index is 0.0841. The topological polar surface area (TPSA) is 76.7 Å². The van der Waals surface area contributed by atoms with Gasteiger partial charge in [0.1, 0.15) is 24.3 Å². The Kier molecular flexibility index (Phi) is 7.30. The van der Waals surface area contributed by atoms with E-state index in [-0.39, 0.29) is 25.1 Å². The molecule has 0 saturated carbocycles. The van der Waals surface area contributed by atoms with Crippen molar-refractivity contribution in [2.45, 2.75) is 31.8 Å². The molecule has 0 amide bonds. The summed E-state index contributed by atoms with van der Waals surface area (Å²) < 4.78 is 27.4. The van der Waals surface area contributed by atoms with Crippen molar-refractivity contribution >= 4 is 0 Å². The molecule has 6 nitrogen and oxygen atoms in total. The van der Waals surface area contributed by atoms with Gasteiger partial charge in [0, 0.05) is 30.1 Å². The monoisotopic (exact) mass is 436 g/mol. The molecule has 2 heterocycles. The van der Waals surface area contributed by atoms with Gasteiger partial charge in [-0.1, -0.05) is 36.1 Å². The van der Waals surface area contributed by atoms with Crippen LogP contribution in [0.4, 0.5) is 4.39 Å². The van der Waals surface area contributed by atoms with Crippen molar-refractivity contribution in [1.82, 2.24) is 9.55 Å². The molecule has 1 aromatic heterocycles. The first-order valence-corrected chi connectivity index (χ1v) is 10.5. The lowest BCUT2D eigenvalue weighted by Crippen LogP contribution is -2.13. The molecule has 0 radical (unpaired) electrons. The molecule has 2 atom stereocenters. The van der Waals surface area contributed by atoms with Crippen LogP contribution < -0.4 is 0 Å². The number of aromatic nitrogens is 2. The maximum atomic E-state index is 14.7. The molecular weight excluding hydrogens is 411 g/mol. The first-order valence-electron chi connectivity index (χ1n) is 10.5. The molecule has 3 aromatic rings. The molecule has 2 unspecified atom stereocenters. The summed E-state index contributed by atoms with van der Waals surface area (Å²) in [6, 6.07) is 11.9. The van der Waals surface area contributed by atoms with Crippen LogP contribution in [0.25, 0.3) is 11.1 Å². The van der Waals surface area contributed by atoms with Gasteiger partial charge in [0.2, 0.25) is 0 Å². The minimum Gasteiger partial charge on any atom is -0.393 e. The number of ether oxygens (including phenoxy) is 2. The van der Waals surface area contributed by atoms with E-state index in [0.717, 1.165) is 23.1 Å². The van der Waals surface area contributed by atoms with E-state index in [1.807, 2.05) is 30.3 Å². The molecule has 1 aliphatic rings. The van der Waals surface area contributed by atoms with Crippen molar-refractivity contribution < 1.29 is 24.1 Å². The summed E-state index contributed by atoms with van der Waals surface area (Å²) in [6.07, 6.45) is 4.18. The fourth-order valence-corrected chi connectivity index (χ4v) is 3.59. The number of halogens is 1. The van der Waals surface area contributed by atoms with E-state index in [1.165, 1.54) is 6.07 Å². The lowest BCUT2D eigenvalue weighted by atomic mass is 10.0. The van der Waals surface area contributed by atoms with Gasteiger partial charge in [-0.05, 0) is 35.7 Å². The third kappa shape index (κ3) is 5.23. The fraction of sp³-hybridized carbons (Fsp3) is 0.320. The Morgan fingerprint density at radius 2 is 2.06 bits per heavy atom. The summed E-state index contributed by atoms with van der Waals surface area (Å²) in [7, 11) is 0. The Morgan fingerprint density at radius 3 is 2.75 bits per heavy atom. The molecule has 2 aromatic carbocycles. The van der Waals surface area contributed by atoms with Gasteiger partial charge in [-0.2, -0.15) is 0 Å². The Hall–Kier alpha value is -3.02. The molecule has 32 heavy (non-hydrogen) atoms. The van der Waals surface area contributed by atoms with Crippen LogP contribution in [-0.4, -0.2) is 45.7 Å². The largest absolute Gasteiger partial charge is 0.393 e. The van der Waals surface area contributed by atoms with Crippen LogP contribution in [0.3, 0.4) is 0 Å². The molecule has 1 fully saturated rings. The third-order valence-electron chi connectivity index (χ3n) is 5.39. The third-order valence-corrected chi connectivity index (χ3v) is 5.39. The highest BCUT2D eigenvalue weighted by molar-refractivity contribution is 5.65. The Labute approximate surface area is 186 Å². The quantitative estimate of drug-likeness (QED) is 0.557. The van der Waals surface area contributed by atoms with Gasteiger partial charge in [-0.15, -0.1) is 0 Å². The van der Waals surface area contributed by atoms with E-state index in [1.54, 1.807) is 23.0 Å². The van der Waals surface area contributed by atoms with E-state index in [9.17, 15) is 14.6 Å². The molecule has 0 aliphatic carbocycles. The van der Waals surface area contributed by atoms with Gasteiger partial charge in [-0.25, -0.2) is 9.37 Å². The minimum atomic E-state index is -0.512. The summed E-state index contributed by atoms with van der Waals surface area (Å²) in [5.41, 5.74) is 2.79. The van der Waals surface area contributed by atoms with Gasteiger partial charge in [0.15, 0.2) is 0 Å². The molecular formula is C25H25FN2O4. The zero-order chi connectivity index (χ0) is 22.3. The number of hydrogen-bond donors (Lipinski definition) is 2. The van der Waals surface area contributed by atoms with Crippen LogP contribution in [0.1, 0.15) is 29.4 Å². The summed E-state index contributed by atoms with van der Waals surface area (Å²) in [6.45, 7) is 1.24. The van der Waals surface area contributed by atoms with Gasteiger partial charge in [-0.3, -0.25) is 0 Å². The molecule has 7 heteroatoms. The van der Waals surface area contributed by atoms with Crippen LogP contribution in [0, 0.1) is 17.7 Å². The van der Waals surface area contributed by atoms with E-state index < -0.39 is 6.04 Å². The van der Waals surface area contributed by atoms with Gasteiger partial charge in [0.25, 0.3) is 0 Å². The Balaban J connectivity index is 1.44. The standard InChI is InChI=1S/C25H25FN2O4/c26-24-13-19(16-32-22-9-12-31-17-22)4-8-23(24)20-5-1-18(2-6-20)3-7-21(14-29)28-11-10-27-25(28)15-30/h1-2,4-6,8,10-11,13,21-22,29-30H,9,12,14-17H2. The number of imidazole rings is 1. The normalized spacial score (nSPS) is 16.5. The summed E-state index contributed by atoms with van der Waals surface area (Å²) in [5.74, 6) is 6.15. The zero-order valence-electron chi connectivity index (χ0n) is 17.6. The maximum Gasteiger partial charge on any atom is 0.135 e. The second-order valence-corrected chi connectivity index (χ2v) is 7.56. The summed E-state index contributed by atoms with van der Waals surface area (Å²) in [5, 5.41) is 19.0. The number of aliphatic hydroxyl groups excluding tert-OH is 2. The Bertz CT molecular complexity index is 1100. The number of benzene rings is 2. The van der Waals surface area contributed by atoms with E-state index >= 15 is 0 Å². The molecule has 0 bridgehead atoms. The molecule has 0 spiro atoms. The van der Waals surface area contributed by atoms with Crippen LogP contribution in [0.5, 0.6) is 0 Å². The molecule has 1 aliphatic heterocycles. The maximum absolute atomic E-state index is 14.7. The van der Waals surface area contributed by atoms with Gasteiger partial charge < -0.3 is 24.3 Å². The predicted molar refractivity (Wildman–Crippen MR) is 117 cm³/mol.